The van der Waals surface area contributed by atoms with Crippen molar-refractivity contribution in [1.29, 1.82) is 5.26 Å². The first-order chi connectivity index (χ1) is 13.6. The van der Waals surface area contributed by atoms with Crippen LogP contribution in [0.1, 0.15) is 16.8 Å². The Morgan fingerprint density at radius 2 is 1.82 bits per heavy atom. The Morgan fingerprint density at radius 1 is 1.11 bits per heavy atom. The van der Waals surface area contributed by atoms with Gasteiger partial charge in [-0.3, -0.25) is 4.79 Å². The summed E-state index contributed by atoms with van der Waals surface area (Å²) in [6.45, 7) is 0.404. The second-order valence-corrected chi connectivity index (χ2v) is 5.86. The van der Waals surface area contributed by atoms with Crippen molar-refractivity contribution in [1.82, 2.24) is 0 Å². The predicted octanol–water partition coefficient (Wildman–Crippen LogP) is 2.70. The van der Waals surface area contributed by atoms with Gasteiger partial charge in [0.2, 0.25) is 0 Å². The zero-order valence-electron chi connectivity index (χ0n) is 14.9. The molecule has 0 atom stereocenters. The van der Waals surface area contributed by atoms with E-state index in [0.29, 0.717) is 30.4 Å². The lowest BCUT2D eigenvalue weighted by molar-refractivity contribution is -0.121. The maximum atomic E-state index is 13.1. The smallest absolute Gasteiger partial charge is 0.338 e. The number of rotatable bonds is 6. The van der Waals surface area contributed by atoms with E-state index in [2.05, 4.69) is 0 Å². The number of nitriles is 1. The summed E-state index contributed by atoms with van der Waals surface area (Å²) >= 11 is 0. The molecule has 1 amide bonds. The third kappa shape index (κ3) is 4.57. The van der Waals surface area contributed by atoms with Crippen LogP contribution in [0.5, 0.6) is 11.5 Å². The highest BCUT2D eigenvalue weighted by molar-refractivity contribution is 5.97. The average Bonchev–Trinajstić information content (AvgIpc) is 2.73. The second kappa shape index (κ2) is 8.86. The molecule has 0 aliphatic carbocycles. The maximum absolute atomic E-state index is 13.1. The van der Waals surface area contributed by atoms with Crippen LogP contribution in [-0.2, 0) is 9.53 Å². The SMILES string of the molecule is N#CCCN(C(=O)COC(=O)c1ccc2c(c1)OCCO2)c1ccc(F)cc1. The topological polar surface area (TPSA) is 88.9 Å². The monoisotopic (exact) mass is 384 g/mol. The number of anilines is 1. The van der Waals surface area contributed by atoms with E-state index < -0.39 is 24.3 Å². The molecule has 0 radical (unpaired) electrons. The molecule has 0 N–H and O–H groups in total. The van der Waals surface area contributed by atoms with Crippen molar-refractivity contribution >= 4 is 17.6 Å². The van der Waals surface area contributed by atoms with Crippen molar-refractivity contribution in [2.45, 2.75) is 6.42 Å². The molecular weight excluding hydrogens is 367 g/mol. The largest absolute Gasteiger partial charge is 0.486 e. The summed E-state index contributed by atoms with van der Waals surface area (Å²) in [5, 5.41) is 8.80. The minimum atomic E-state index is -0.690. The number of ether oxygens (including phenoxy) is 3. The van der Waals surface area contributed by atoms with Gasteiger partial charge in [-0.15, -0.1) is 0 Å². The number of esters is 1. The lowest BCUT2D eigenvalue weighted by atomic mass is 10.2. The van der Waals surface area contributed by atoms with Crippen LogP contribution in [-0.4, -0.2) is 38.2 Å². The van der Waals surface area contributed by atoms with E-state index in [1.807, 2.05) is 6.07 Å². The Hall–Kier alpha value is -3.60. The first kappa shape index (κ1) is 19.2. The molecule has 0 saturated heterocycles. The first-order valence-corrected chi connectivity index (χ1v) is 8.58. The molecule has 28 heavy (non-hydrogen) atoms. The minimum absolute atomic E-state index is 0.0826. The molecule has 7 nitrogen and oxygen atoms in total. The molecule has 2 aromatic carbocycles. The molecule has 1 heterocycles. The Kier molecular flexibility index (Phi) is 6.07. The van der Waals surface area contributed by atoms with Gasteiger partial charge in [-0.1, -0.05) is 0 Å². The number of amides is 1. The highest BCUT2D eigenvalue weighted by atomic mass is 19.1. The van der Waals surface area contributed by atoms with E-state index in [0.717, 1.165) is 0 Å². The summed E-state index contributed by atoms with van der Waals surface area (Å²) in [4.78, 5) is 26.0. The van der Waals surface area contributed by atoms with Crippen molar-refractivity contribution in [3.8, 4) is 17.6 Å². The number of benzene rings is 2. The molecule has 1 aliphatic rings. The summed E-state index contributed by atoms with van der Waals surface area (Å²) in [7, 11) is 0. The Morgan fingerprint density at radius 3 is 2.54 bits per heavy atom. The number of hydrogen-bond acceptors (Lipinski definition) is 6. The van der Waals surface area contributed by atoms with Gasteiger partial charge < -0.3 is 19.1 Å². The number of nitrogens with zero attached hydrogens (tertiary/aromatic N) is 2. The number of halogens is 1. The van der Waals surface area contributed by atoms with Crippen LogP contribution >= 0.6 is 0 Å². The highest BCUT2D eigenvalue weighted by Crippen LogP contribution is 2.30. The van der Waals surface area contributed by atoms with E-state index in [1.54, 1.807) is 6.07 Å². The van der Waals surface area contributed by atoms with Crippen LogP contribution in [0.25, 0.3) is 0 Å². The molecule has 0 spiro atoms. The van der Waals surface area contributed by atoms with Crippen molar-refractivity contribution in [3.63, 3.8) is 0 Å². The summed E-state index contributed by atoms with van der Waals surface area (Å²) < 4.78 is 29.0. The number of carbonyl (C=O) groups is 2. The third-order valence-electron chi connectivity index (χ3n) is 3.99. The van der Waals surface area contributed by atoms with Gasteiger partial charge in [-0.2, -0.15) is 5.26 Å². The van der Waals surface area contributed by atoms with Crippen LogP contribution in [0, 0.1) is 17.1 Å². The van der Waals surface area contributed by atoms with E-state index in [1.165, 1.54) is 41.3 Å². The standard InChI is InChI=1S/C20H17FN2O5/c21-15-3-5-16(6-4-15)23(9-1-8-22)19(24)13-28-20(25)14-2-7-17-18(12-14)27-11-10-26-17/h2-7,12H,1,9-11,13H2. The average molecular weight is 384 g/mol. The van der Waals surface area contributed by atoms with Crippen molar-refractivity contribution in [2.75, 3.05) is 31.3 Å². The van der Waals surface area contributed by atoms with Gasteiger partial charge in [0.25, 0.3) is 5.91 Å². The lowest BCUT2D eigenvalue weighted by Gasteiger charge is -2.22. The maximum Gasteiger partial charge on any atom is 0.338 e. The van der Waals surface area contributed by atoms with Crippen LogP contribution in [0.15, 0.2) is 42.5 Å². The predicted molar refractivity (Wildman–Crippen MR) is 96.7 cm³/mol. The third-order valence-corrected chi connectivity index (χ3v) is 3.99. The van der Waals surface area contributed by atoms with Crippen molar-refractivity contribution < 1.29 is 28.2 Å². The summed E-state index contributed by atoms with van der Waals surface area (Å²) in [5.41, 5.74) is 0.638. The van der Waals surface area contributed by atoms with Gasteiger partial charge in [-0.25, -0.2) is 9.18 Å². The fourth-order valence-corrected chi connectivity index (χ4v) is 2.64. The Labute approximate surface area is 160 Å². The van der Waals surface area contributed by atoms with Crippen molar-refractivity contribution in [2.24, 2.45) is 0 Å². The highest BCUT2D eigenvalue weighted by Gasteiger charge is 2.20. The molecule has 0 unspecified atom stereocenters. The summed E-state index contributed by atoms with van der Waals surface area (Å²) in [6.07, 6.45) is 0.0826. The Balaban J connectivity index is 1.65. The van der Waals surface area contributed by atoms with Crippen LogP contribution in [0.2, 0.25) is 0 Å². The number of hydrogen-bond donors (Lipinski definition) is 0. The summed E-state index contributed by atoms with van der Waals surface area (Å²) in [6, 6.07) is 11.8. The molecule has 3 rings (SSSR count). The van der Waals surface area contributed by atoms with E-state index in [-0.39, 0.29) is 18.5 Å². The molecule has 0 saturated carbocycles. The van der Waals surface area contributed by atoms with Crippen LogP contribution < -0.4 is 14.4 Å². The first-order valence-electron chi connectivity index (χ1n) is 8.58. The molecule has 8 heteroatoms. The fraction of sp³-hybridized carbons (Fsp3) is 0.250. The van der Waals surface area contributed by atoms with E-state index in [4.69, 9.17) is 19.5 Å². The fourth-order valence-electron chi connectivity index (χ4n) is 2.64. The van der Waals surface area contributed by atoms with Gasteiger partial charge >= 0.3 is 5.97 Å². The number of carbonyl (C=O) groups excluding carboxylic acids is 2. The quantitative estimate of drug-likeness (QED) is 0.712. The molecule has 0 bridgehead atoms. The van der Waals surface area contributed by atoms with Crippen molar-refractivity contribution in [3.05, 3.63) is 53.8 Å². The minimum Gasteiger partial charge on any atom is -0.486 e. The molecule has 0 fully saturated rings. The van der Waals surface area contributed by atoms with E-state index in [9.17, 15) is 14.0 Å². The molecule has 0 aromatic heterocycles. The number of fused-ring (bicyclic) bond motifs is 1. The zero-order valence-corrected chi connectivity index (χ0v) is 14.9. The molecule has 1 aliphatic heterocycles. The second-order valence-electron chi connectivity index (χ2n) is 5.86. The molecule has 144 valence electrons. The molecular formula is C20H17FN2O5. The van der Waals surface area contributed by atoms with E-state index >= 15 is 0 Å². The van der Waals surface area contributed by atoms with Gasteiger partial charge in [0.05, 0.1) is 18.1 Å². The van der Waals surface area contributed by atoms with Crippen LogP contribution in [0.4, 0.5) is 10.1 Å². The normalized spacial score (nSPS) is 12.0. The lowest BCUT2D eigenvalue weighted by Crippen LogP contribution is -2.35. The zero-order chi connectivity index (χ0) is 19.9. The van der Waals surface area contributed by atoms with Gasteiger partial charge in [-0.05, 0) is 42.5 Å². The van der Waals surface area contributed by atoms with Gasteiger partial charge in [0, 0.05) is 12.2 Å². The molecule has 2 aromatic rings. The van der Waals surface area contributed by atoms with Gasteiger partial charge in [0.1, 0.15) is 19.0 Å². The van der Waals surface area contributed by atoms with Crippen LogP contribution in [0.3, 0.4) is 0 Å². The van der Waals surface area contributed by atoms with Gasteiger partial charge in [0.15, 0.2) is 18.1 Å². The summed E-state index contributed by atoms with van der Waals surface area (Å²) in [5.74, 6) is -0.675. The Bertz CT molecular complexity index is 908.